The lowest BCUT2D eigenvalue weighted by Crippen LogP contribution is -2.31. The SMILES string of the molecule is N=C1c2ccccc2C(=O)N1CCc1ccccc1. The molecule has 1 amide bonds. The van der Waals surface area contributed by atoms with Gasteiger partial charge >= 0.3 is 0 Å². The molecule has 0 spiro atoms. The third-order valence-electron chi connectivity index (χ3n) is 3.39. The van der Waals surface area contributed by atoms with Gasteiger partial charge in [0.05, 0.1) is 5.56 Å². The molecule has 3 heteroatoms. The number of amides is 1. The zero-order chi connectivity index (χ0) is 13.2. The highest BCUT2D eigenvalue weighted by molar-refractivity contribution is 6.22. The molecule has 0 saturated carbocycles. The van der Waals surface area contributed by atoms with Crippen molar-refractivity contribution in [3.63, 3.8) is 0 Å². The molecule has 1 N–H and O–H groups in total. The number of rotatable bonds is 3. The van der Waals surface area contributed by atoms with E-state index in [-0.39, 0.29) is 5.91 Å². The Morgan fingerprint density at radius 3 is 2.21 bits per heavy atom. The van der Waals surface area contributed by atoms with Crippen molar-refractivity contribution in [2.45, 2.75) is 6.42 Å². The molecule has 19 heavy (non-hydrogen) atoms. The van der Waals surface area contributed by atoms with Gasteiger partial charge in [-0.05, 0) is 18.1 Å². The minimum Gasteiger partial charge on any atom is -0.292 e. The summed E-state index contributed by atoms with van der Waals surface area (Å²) in [5.74, 6) is 0.257. The maximum Gasteiger partial charge on any atom is 0.260 e. The van der Waals surface area contributed by atoms with Crippen LogP contribution in [0.25, 0.3) is 0 Å². The summed E-state index contributed by atoms with van der Waals surface area (Å²) in [5, 5.41) is 8.09. The van der Waals surface area contributed by atoms with E-state index in [1.165, 1.54) is 5.56 Å². The predicted molar refractivity (Wildman–Crippen MR) is 74.5 cm³/mol. The number of carbonyl (C=O) groups excluding carboxylic acids is 1. The zero-order valence-electron chi connectivity index (χ0n) is 10.5. The summed E-state index contributed by atoms with van der Waals surface area (Å²) >= 11 is 0. The van der Waals surface area contributed by atoms with E-state index in [4.69, 9.17) is 5.41 Å². The average Bonchev–Trinajstić information content (AvgIpc) is 2.71. The van der Waals surface area contributed by atoms with Gasteiger partial charge < -0.3 is 0 Å². The van der Waals surface area contributed by atoms with Crippen LogP contribution in [-0.2, 0) is 6.42 Å². The third-order valence-corrected chi connectivity index (χ3v) is 3.39. The van der Waals surface area contributed by atoms with Gasteiger partial charge in [0.15, 0.2) is 0 Å². The molecule has 1 aliphatic heterocycles. The number of amidine groups is 1. The van der Waals surface area contributed by atoms with Gasteiger partial charge in [-0.2, -0.15) is 0 Å². The van der Waals surface area contributed by atoms with Crippen LogP contribution in [0.3, 0.4) is 0 Å². The number of hydrogen-bond acceptors (Lipinski definition) is 2. The van der Waals surface area contributed by atoms with Crippen molar-refractivity contribution in [3.05, 3.63) is 71.3 Å². The average molecular weight is 250 g/mol. The van der Waals surface area contributed by atoms with Gasteiger partial charge in [-0.3, -0.25) is 15.1 Å². The Bertz CT molecular complexity index is 599. The smallest absolute Gasteiger partial charge is 0.260 e. The van der Waals surface area contributed by atoms with Crippen LogP contribution < -0.4 is 0 Å². The summed E-state index contributed by atoms with van der Waals surface area (Å²) in [7, 11) is 0. The Labute approximate surface area is 112 Å². The second-order valence-corrected chi connectivity index (χ2v) is 4.59. The minimum absolute atomic E-state index is 0.0588. The second kappa shape index (κ2) is 4.69. The second-order valence-electron chi connectivity index (χ2n) is 4.59. The molecule has 3 rings (SSSR count). The summed E-state index contributed by atoms with van der Waals surface area (Å²) in [6.07, 6.45) is 0.767. The topological polar surface area (TPSA) is 44.2 Å². The zero-order valence-corrected chi connectivity index (χ0v) is 10.5. The molecule has 0 atom stereocenters. The molecule has 2 aromatic carbocycles. The first-order chi connectivity index (χ1) is 9.27. The first-order valence-electron chi connectivity index (χ1n) is 6.31. The van der Waals surface area contributed by atoms with E-state index in [1.807, 2.05) is 48.5 Å². The fourth-order valence-electron chi connectivity index (χ4n) is 2.37. The molecule has 0 fully saturated rings. The van der Waals surface area contributed by atoms with Crippen LogP contribution in [-0.4, -0.2) is 23.2 Å². The predicted octanol–water partition coefficient (Wildman–Crippen LogP) is 2.71. The van der Waals surface area contributed by atoms with Crippen molar-refractivity contribution in [1.29, 1.82) is 5.41 Å². The summed E-state index contributed by atoms with van der Waals surface area (Å²) in [4.78, 5) is 13.8. The van der Waals surface area contributed by atoms with Gasteiger partial charge in [0, 0.05) is 12.1 Å². The first-order valence-corrected chi connectivity index (χ1v) is 6.31. The van der Waals surface area contributed by atoms with Gasteiger partial charge in [-0.1, -0.05) is 48.5 Å². The third kappa shape index (κ3) is 2.03. The molecule has 1 heterocycles. The van der Waals surface area contributed by atoms with Crippen LogP contribution in [0.5, 0.6) is 0 Å². The first kappa shape index (κ1) is 11.7. The maximum absolute atomic E-state index is 12.2. The number of hydrogen-bond donors (Lipinski definition) is 1. The summed E-state index contributed by atoms with van der Waals surface area (Å²) < 4.78 is 0. The molecular formula is C16H14N2O. The highest BCUT2D eigenvalue weighted by atomic mass is 16.2. The van der Waals surface area contributed by atoms with E-state index >= 15 is 0 Å². The van der Waals surface area contributed by atoms with Gasteiger partial charge in [0.25, 0.3) is 5.91 Å². The van der Waals surface area contributed by atoms with Crippen molar-refractivity contribution < 1.29 is 4.79 Å². The van der Waals surface area contributed by atoms with Gasteiger partial charge in [-0.15, -0.1) is 0 Å². The Kier molecular flexibility index (Phi) is 2.88. The van der Waals surface area contributed by atoms with Gasteiger partial charge in [0.2, 0.25) is 0 Å². The largest absolute Gasteiger partial charge is 0.292 e. The molecule has 0 aromatic heterocycles. The molecule has 0 radical (unpaired) electrons. The number of benzene rings is 2. The summed E-state index contributed by atoms with van der Waals surface area (Å²) in [5.41, 5.74) is 2.56. The molecule has 2 aromatic rings. The molecule has 1 aliphatic rings. The standard InChI is InChI=1S/C16H14N2O/c17-15-13-8-4-5-9-14(13)16(19)18(15)11-10-12-6-2-1-3-7-12/h1-9,17H,10-11H2. The van der Waals surface area contributed by atoms with Crippen molar-refractivity contribution in [3.8, 4) is 0 Å². The molecule has 94 valence electrons. The monoisotopic (exact) mass is 250 g/mol. The lowest BCUT2D eigenvalue weighted by atomic mass is 10.1. The van der Waals surface area contributed by atoms with E-state index < -0.39 is 0 Å². The van der Waals surface area contributed by atoms with Crippen molar-refractivity contribution >= 4 is 11.7 Å². The van der Waals surface area contributed by atoms with E-state index in [2.05, 4.69) is 0 Å². The van der Waals surface area contributed by atoms with Crippen molar-refractivity contribution in [1.82, 2.24) is 4.90 Å². The lowest BCUT2D eigenvalue weighted by molar-refractivity contribution is 0.0860. The molecule has 0 bridgehead atoms. The Morgan fingerprint density at radius 1 is 0.895 bits per heavy atom. The summed E-state index contributed by atoms with van der Waals surface area (Å²) in [6, 6.07) is 17.3. The maximum atomic E-state index is 12.2. The van der Waals surface area contributed by atoms with Crippen molar-refractivity contribution in [2.24, 2.45) is 0 Å². The lowest BCUT2D eigenvalue weighted by Gasteiger charge is -2.15. The number of carbonyl (C=O) groups is 1. The number of nitrogens with zero attached hydrogens (tertiary/aromatic N) is 1. The van der Waals surface area contributed by atoms with E-state index in [1.54, 1.807) is 11.0 Å². The van der Waals surface area contributed by atoms with Crippen LogP contribution in [0.15, 0.2) is 54.6 Å². The fraction of sp³-hybridized carbons (Fsp3) is 0.125. The highest BCUT2D eigenvalue weighted by Gasteiger charge is 2.31. The van der Waals surface area contributed by atoms with E-state index in [0.29, 0.717) is 17.9 Å². The Morgan fingerprint density at radius 2 is 1.53 bits per heavy atom. The fourth-order valence-corrected chi connectivity index (χ4v) is 2.37. The van der Waals surface area contributed by atoms with Gasteiger partial charge in [-0.25, -0.2) is 0 Å². The van der Waals surface area contributed by atoms with E-state index in [9.17, 15) is 4.79 Å². The van der Waals surface area contributed by atoms with Gasteiger partial charge in [0.1, 0.15) is 5.84 Å². The summed E-state index contributed by atoms with van der Waals surface area (Å²) in [6.45, 7) is 0.552. The minimum atomic E-state index is -0.0588. The van der Waals surface area contributed by atoms with Crippen LogP contribution in [0, 0.1) is 5.41 Å². The van der Waals surface area contributed by atoms with Crippen LogP contribution >= 0.6 is 0 Å². The Hall–Kier alpha value is -2.42. The molecule has 3 nitrogen and oxygen atoms in total. The Balaban J connectivity index is 1.78. The molecule has 0 unspecified atom stereocenters. The van der Waals surface area contributed by atoms with E-state index in [0.717, 1.165) is 12.0 Å². The number of nitrogens with one attached hydrogen (secondary N) is 1. The van der Waals surface area contributed by atoms with Crippen molar-refractivity contribution in [2.75, 3.05) is 6.54 Å². The quantitative estimate of drug-likeness (QED) is 0.894. The molecule has 0 saturated heterocycles. The van der Waals surface area contributed by atoms with Crippen LogP contribution in [0.1, 0.15) is 21.5 Å². The molecule has 0 aliphatic carbocycles. The normalized spacial score (nSPS) is 13.8. The molecular weight excluding hydrogens is 236 g/mol. The number of fused-ring (bicyclic) bond motifs is 1. The van der Waals surface area contributed by atoms with Crippen LogP contribution in [0.4, 0.5) is 0 Å². The highest BCUT2D eigenvalue weighted by Crippen LogP contribution is 2.22. The van der Waals surface area contributed by atoms with Crippen LogP contribution in [0.2, 0.25) is 0 Å².